The molecule has 2 atom stereocenters. The first kappa shape index (κ1) is 10.6. The Labute approximate surface area is 65.5 Å². The maximum absolute atomic E-state index is 10.8. The molecule has 0 bridgehead atoms. The molecule has 3 N–H and O–H groups in total. The molecule has 0 saturated carbocycles. The molecule has 0 aromatic carbocycles. The summed E-state index contributed by atoms with van der Waals surface area (Å²) in [4.78, 5) is 10.8. The summed E-state index contributed by atoms with van der Waals surface area (Å²) < 4.78 is 0. The minimum atomic E-state index is -1.01. The van der Waals surface area contributed by atoms with E-state index in [4.69, 9.17) is 15.3 Å². The third-order valence-electron chi connectivity index (χ3n) is 1.14. The Balaban J connectivity index is 3.52. The standard InChI is InChI=1S/C7H13O4/c1-5(9)2-6(10)3-7(11)4-8/h5,7-9,11H,1-4H2. The number of hydrogen-bond acceptors (Lipinski definition) is 4. The lowest BCUT2D eigenvalue weighted by Crippen LogP contribution is -2.19. The van der Waals surface area contributed by atoms with Gasteiger partial charge in [-0.3, -0.25) is 4.79 Å². The lowest BCUT2D eigenvalue weighted by Gasteiger charge is -2.06. The fraction of sp³-hybridized carbons (Fsp3) is 0.714. The van der Waals surface area contributed by atoms with Gasteiger partial charge in [0.1, 0.15) is 5.78 Å². The van der Waals surface area contributed by atoms with Gasteiger partial charge in [-0.2, -0.15) is 0 Å². The maximum atomic E-state index is 10.8. The van der Waals surface area contributed by atoms with Crippen LogP contribution in [0.2, 0.25) is 0 Å². The van der Waals surface area contributed by atoms with Crippen molar-refractivity contribution < 1.29 is 20.1 Å². The second-order valence-corrected chi connectivity index (χ2v) is 2.44. The van der Waals surface area contributed by atoms with Crippen LogP contribution in [0.25, 0.3) is 0 Å². The molecule has 4 nitrogen and oxygen atoms in total. The predicted octanol–water partition coefficient (Wildman–Crippen LogP) is -1.12. The van der Waals surface area contributed by atoms with Crippen molar-refractivity contribution in [2.45, 2.75) is 25.0 Å². The summed E-state index contributed by atoms with van der Waals surface area (Å²) in [5.41, 5.74) is 0. The van der Waals surface area contributed by atoms with Crippen molar-refractivity contribution in [1.29, 1.82) is 0 Å². The summed E-state index contributed by atoms with van der Waals surface area (Å²) >= 11 is 0. The lowest BCUT2D eigenvalue weighted by molar-refractivity contribution is -0.122. The second kappa shape index (κ2) is 5.23. The molecule has 0 rings (SSSR count). The number of hydrogen-bond donors (Lipinski definition) is 3. The van der Waals surface area contributed by atoms with E-state index in [9.17, 15) is 4.79 Å². The van der Waals surface area contributed by atoms with Gasteiger partial charge in [0.2, 0.25) is 0 Å². The topological polar surface area (TPSA) is 77.8 Å². The number of aliphatic hydroxyl groups excluding tert-OH is 3. The molecule has 1 radical (unpaired) electrons. The Hall–Kier alpha value is -0.450. The quantitative estimate of drug-likeness (QED) is 0.477. The molecule has 0 aromatic rings. The van der Waals surface area contributed by atoms with Gasteiger partial charge in [0.25, 0.3) is 0 Å². The molecule has 0 saturated heterocycles. The van der Waals surface area contributed by atoms with E-state index in [0.29, 0.717) is 0 Å². The summed E-state index contributed by atoms with van der Waals surface area (Å²) in [6.45, 7) is 2.77. The van der Waals surface area contributed by atoms with E-state index in [0.717, 1.165) is 0 Å². The molecule has 0 spiro atoms. The summed E-state index contributed by atoms with van der Waals surface area (Å²) in [6.07, 6.45) is -2.13. The largest absolute Gasteiger partial charge is 0.394 e. The first-order valence-corrected chi connectivity index (χ1v) is 3.38. The van der Waals surface area contributed by atoms with Gasteiger partial charge in [0.15, 0.2) is 0 Å². The highest BCUT2D eigenvalue weighted by Gasteiger charge is 2.11. The van der Waals surface area contributed by atoms with Crippen LogP contribution in [0.5, 0.6) is 0 Å². The molecular formula is C7H13O4. The van der Waals surface area contributed by atoms with Gasteiger partial charge in [-0.25, -0.2) is 0 Å². The van der Waals surface area contributed by atoms with Gasteiger partial charge >= 0.3 is 0 Å². The Morgan fingerprint density at radius 2 is 1.91 bits per heavy atom. The predicted molar refractivity (Wildman–Crippen MR) is 38.7 cm³/mol. The van der Waals surface area contributed by atoms with Gasteiger partial charge < -0.3 is 15.3 Å². The highest BCUT2D eigenvalue weighted by Crippen LogP contribution is 1.98. The summed E-state index contributed by atoms with van der Waals surface area (Å²) in [5, 5.41) is 25.7. The molecule has 0 heterocycles. The number of ketones is 1. The van der Waals surface area contributed by atoms with Crippen LogP contribution in [0.15, 0.2) is 0 Å². The van der Waals surface area contributed by atoms with Crippen molar-refractivity contribution in [3.8, 4) is 0 Å². The van der Waals surface area contributed by atoms with Crippen molar-refractivity contribution in [3.63, 3.8) is 0 Å². The van der Waals surface area contributed by atoms with Crippen LogP contribution in [0.1, 0.15) is 12.8 Å². The summed E-state index contributed by atoms with van der Waals surface area (Å²) in [7, 11) is 0. The van der Waals surface area contributed by atoms with Crippen molar-refractivity contribution in [2.75, 3.05) is 6.61 Å². The highest BCUT2D eigenvalue weighted by molar-refractivity contribution is 5.79. The zero-order valence-electron chi connectivity index (χ0n) is 6.23. The van der Waals surface area contributed by atoms with E-state index in [1.54, 1.807) is 0 Å². The third-order valence-corrected chi connectivity index (χ3v) is 1.14. The normalized spacial score (nSPS) is 16.0. The number of rotatable bonds is 5. The van der Waals surface area contributed by atoms with Gasteiger partial charge in [-0.05, 0) is 6.92 Å². The van der Waals surface area contributed by atoms with E-state index >= 15 is 0 Å². The van der Waals surface area contributed by atoms with Crippen LogP contribution in [-0.4, -0.2) is 39.9 Å². The van der Waals surface area contributed by atoms with E-state index in [1.807, 2.05) is 0 Å². The molecule has 2 unspecified atom stereocenters. The van der Waals surface area contributed by atoms with Crippen LogP contribution in [0.4, 0.5) is 0 Å². The number of carbonyl (C=O) groups excluding carboxylic acids is 1. The Morgan fingerprint density at radius 3 is 2.27 bits per heavy atom. The number of Topliss-reactive ketones (excluding diaryl/α,β-unsaturated/α-hetero) is 1. The minimum Gasteiger partial charge on any atom is -0.394 e. The van der Waals surface area contributed by atoms with Crippen molar-refractivity contribution in [2.24, 2.45) is 0 Å². The first-order valence-electron chi connectivity index (χ1n) is 3.38. The van der Waals surface area contributed by atoms with Crippen LogP contribution in [0.3, 0.4) is 0 Å². The molecule has 0 aliphatic heterocycles. The van der Waals surface area contributed by atoms with E-state index < -0.39 is 18.8 Å². The second-order valence-electron chi connectivity index (χ2n) is 2.44. The van der Waals surface area contributed by atoms with Gasteiger partial charge in [-0.15, -0.1) is 0 Å². The molecule has 65 valence electrons. The van der Waals surface area contributed by atoms with E-state index in [1.165, 1.54) is 0 Å². The van der Waals surface area contributed by atoms with E-state index in [-0.39, 0.29) is 18.6 Å². The fourth-order valence-electron chi connectivity index (χ4n) is 0.673. The minimum absolute atomic E-state index is 0.0724. The maximum Gasteiger partial charge on any atom is 0.138 e. The molecule has 11 heavy (non-hydrogen) atoms. The van der Waals surface area contributed by atoms with E-state index in [2.05, 4.69) is 6.92 Å². The lowest BCUT2D eigenvalue weighted by atomic mass is 10.1. The average Bonchev–Trinajstić information content (AvgIpc) is 1.85. The fourth-order valence-corrected chi connectivity index (χ4v) is 0.673. The molecule has 0 amide bonds. The monoisotopic (exact) mass is 161 g/mol. The third kappa shape index (κ3) is 5.97. The van der Waals surface area contributed by atoms with Crippen LogP contribution >= 0.6 is 0 Å². The Morgan fingerprint density at radius 1 is 1.36 bits per heavy atom. The summed E-state index contributed by atoms with van der Waals surface area (Å²) in [5.74, 6) is -0.297. The van der Waals surface area contributed by atoms with Gasteiger partial charge in [0, 0.05) is 12.8 Å². The average molecular weight is 161 g/mol. The highest BCUT2D eigenvalue weighted by atomic mass is 16.3. The molecule has 0 aromatic heterocycles. The SMILES string of the molecule is [CH2]C(O)CC(=O)CC(O)CO. The van der Waals surface area contributed by atoms with Gasteiger partial charge in [-0.1, -0.05) is 0 Å². The van der Waals surface area contributed by atoms with Gasteiger partial charge in [0.05, 0.1) is 18.8 Å². The Bertz CT molecular complexity index is 122. The zero-order valence-corrected chi connectivity index (χ0v) is 6.23. The smallest absolute Gasteiger partial charge is 0.138 e. The van der Waals surface area contributed by atoms with Crippen molar-refractivity contribution in [3.05, 3.63) is 6.92 Å². The Kier molecular flexibility index (Phi) is 5.02. The molecule has 0 aliphatic carbocycles. The molecule has 4 heteroatoms. The zero-order chi connectivity index (χ0) is 8.85. The molecule has 0 fully saturated rings. The first-order chi connectivity index (χ1) is 5.06. The summed E-state index contributed by atoms with van der Waals surface area (Å²) in [6, 6.07) is 0. The number of carbonyl (C=O) groups is 1. The number of aliphatic hydroxyl groups is 3. The van der Waals surface area contributed by atoms with Crippen LogP contribution in [-0.2, 0) is 4.79 Å². The van der Waals surface area contributed by atoms with Crippen molar-refractivity contribution in [1.82, 2.24) is 0 Å². The molecule has 0 aliphatic rings. The van der Waals surface area contributed by atoms with Crippen LogP contribution in [0, 0.1) is 6.92 Å². The van der Waals surface area contributed by atoms with Crippen molar-refractivity contribution >= 4 is 5.78 Å². The molecular weight excluding hydrogens is 148 g/mol. The van der Waals surface area contributed by atoms with Crippen LogP contribution < -0.4 is 0 Å².